The van der Waals surface area contributed by atoms with Crippen molar-refractivity contribution in [1.82, 2.24) is 10.2 Å². The van der Waals surface area contributed by atoms with Crippen LogP contribution < -0.4 is 16.0 Å². The molecular weight excluding hydrogens is 452 g/mol. The highest BCUT2D eigenvalue weighted by Gasteiger charge is 2.25. The second kappa shape index (κ2) is 10.8. The molecule has 7 nitrogen and oxygen atoms in total. The Bertz CT molecular complexity index is 1280. The summed E-state index contributed by atoms with van der Waals surface area (Å²) in [5.41, 5.74) is 5.53. The maximum atomic E-state index is 12.9. The summed E-state index contributed by atoms with van der Waals surface area (Å²) in [6, 6.07) is 23.1. The van der Waals surface area contributed by atoms with Crippen LogP contribution in [0, 0.1) is 0 Å². The SMILES string of the molecule is C[C@H](NC(=O)c1ccc2c(c1)C(=CNc1cccc(CN3CCOCC3)c1)C(=O)N2)c1ccccc1. The van der Waals surface area contributed by atoms with Gasteiger partial charge in [0, 0.05) is 48.3 Å². The second-order valence-corrected chi connectivity index (χ2v) is 9.11. The molecule has 1 fully saturated rings. The third-order valence-corrected chi connectivity index (χ3v) is 6.53. The van der Waals surface area contributed by atoms with Crippen LogP contribution in [0.3, 0.4) is 0 Å². The van der Waals surface area contributed by atoms with Crippen LogP contribution in [-0.4, -0.2) is 43.0 Å². The molecule has 3 N–H and O–H groups in total. The number of hydrogen-bond acceptors (Lipinski definition) is 5. The molecule has 0 bridgehead atoms. The molecule has 0 saturated carbocycles. The number of nitrogens with zero attached hydrogens (tertiary/aromatic N) is 1. The van der Waals surface area contributed by atoms with Gasteiger partial charge in [-0.25, -0.2) is 0 Å². The molecule has 5 rings (SSSR count). The van der Waals surface area contributed by atoms with Crippen molar-refractivity contribution in [3.8, 4) is 0 Å². The van der Waals surface area contributed by atoms with Gasteiger partial charge in [-0.2, -0.15) is 0 Å². The Morgan fingerprint density at radius 3 is 2.67 bits per heavy atom. The van der Waals surface area contributed by atoms with Crippen molar-refractivity contribution in [2.75, 3.05) is 36.9 Å². The van der Waals surface area contributed by atoms with Gasteiger partial charge in [0.25, 0.3) is 11.8 Å². The number of rotatable bonds is 7. The van der Waals surface area contributed by atoms with Crippen LogP contribution >= 0.6 is 0 Å². The van der Waals surface area contributed by atoms with Crippen molar-refractivity contribution in [2.45, 2.75) is 19.5 Å². The molecule has 1 saturated heterocycles. The predicted molar refractivity (Wildman–Crippen MR) is 142 cm³/mol. The first-order valence-electron chi connectivity index (χ1n) is 12.2. The number of amides is 2. The minimum Gasteiger partial charge on any atom is -0.379 e. The van der Waals surface area contributed by atoms with Crippen LogP contribution in [0.2, 0.25) is 0 Å². The highest BCUT2D eigenvalue weighted by Crippen LogP contribution is 2.32. The number of nitrogens with one attached hydrogen (secondary N) is 3. The van der Waals surface area contributed by atoms with E-state index in [1.165, 1.54) is 5.56 Å². The molecule has 1 atom stereocenters. The van der Waals surface area contributed by atoms with Gasteiger partial charge in [0.15, 0.2) is 0 Å². The molecule has 184 valence electrons. The van der Waals surface area contributed by atoms with Crippen molar-refractivity contribution in [2.24, 2.45) is 0 Å². The number of carbonyl (C=O) groups excluding carboxylic acids is 2. The Hall–Kier alpha value is -3.94. The normalized spacial score (nSPS) is 17.4. The van der Waals surface area contributed by atoms with Crippen LogP contribution in [0.4, 0.5) is 11.4 Å². The molecule has 3 aromatic rings. The number of anilines is 2. The van der Waals surface area contributed by atoms with E-state index in [1.807, 2.05) is 49.4 Å². The lowest BCUT2D eigenvalue weighted by atomic mass is 10.0. The maximum Gasteiger partial charge on any atom is 0.257 e. The number of ether oxygens (including phenoxy) is 1. The van der Waals surface area contributed by atoms with E-state index in [-0.39, 0.29) is 17.9 Å². The Morgan fingerprint density at radius 2 is 1.86 bits per heavy atom. The van der Waals surface area contributed by atoms with Gasteiger partial charge in [-0.3, -0.25) is 14.5 Å². The van der Waals surface area contributed by atoms with Gasteiger partial charge in [-0.15, -0.1) is 0 Å². The molecular formula is C29H30N4O3. The minimum absolute atomic E-state index is 0.131. The summed E-state index contributed by atoms with van der Waals surface area (Å²) in [4.78, 5) is 28.0. The highest BCUT2D eigenvalue weighted by atomic mass is 16.5. The van der Waals surface area contributed by atoms with E-state index in [2.05, 4.69) is 33.0 Å². The molecule has 0 spiro atoms. The summed E-state index contributed by atoms with van der Waals surface area (Å²) in [7, 11) is 0. The Balaban J connectivity index is 1.30. The quantitative estimate of drug-likeness (QED) is 0.435. The number of carbonyl (C=O) groups is 2. The first kappa shape index (κ1) is 23.8. The zero-order valence-corrected chi connectivity index (χ0v) is 20.3. The average molecular weight is 483 g/mol. The van der Waals surface area contributed by atoms with Crippen molar-refractivity contribution < 1.29 is 14.3 Å². The molecule has 2 heterocycles. The Kier molecular flexibility index (Phi) is 7.11. The number of morpholine rings is 1. The second-order valence-electron chi connectivity index (χ2n) is 9.11. The molecule has 2 aliphatic heterocycles. The zero-order valence-electron chi connectivity index (χ0n) is 20.3. The maximum absolute atomic E-state index is 12.9. The summed E-state index contributed by atoms with van der Waals surface area (Å²) < 4.78 is 5.43. The van der Waals surface area contributed by atoms with Gasteiger partial charge >= 0.3 is 0 Å². The fourth-order valence-corrected chi connectivity index (χ4v) is 4.51. The molecule has 0 radical (unpaired) electrons. The first-order chi connectivity index (χ1) is 17.6. The zero-order chi connectivity index (χ0) is 24.9. The van der Waals surface area contributed by atoms with Gasteiger partial charge in [0.2, 0.25) is 0 Å². The third-order valence-electron chi connectivity index (χ3n) is 6.53. The van der Waals surface area contributed by atoms with E-state index in [1.54, 1.807) is 24.4 Å². The fourth-order valence-electron chi connectivity index (χ4n) is 4.51. The van der Waals surface area contributed by atoms with Crippen LogP contribution in [0.1, 0.15) is 40.0 Å². The van der Waals surface area contributed by atoms with Gasteiger partial charge in [0.1, 0.15) is 0 Å². The molecule has 36 heavy (non-hydrogen) atoms. The monoisotopic (exact) mass is 482 g/mol. The van der Waals surface area contributed by atoms with E-state index in [0.29, 0.717) is 22.4 Å². The first-order valence-corrected chi connectivity index (χ1v) is 12.2. The fraction of sp³-hybridized carbons (Fsp3) is 0.241. The van der Waals surface area contributed by atoms with Gasteiger partial charge in [-0.05, 0) is 48.4 Å². The van der Waals surface area contributed by atoms with Crippen LogP contribution in [-0.2, 0) is 16.1 Å². The van der Waals surface area contributed by atoms with Crippen LogP contribution in [0.25, 0.3) is 5.57 Å². The summed E-state index contributed by atoms with van der Waals surface area (Å²) in [6.07, 6.45) is 1.71. The highest BCUT2D eigenvalue weighted by molar-refractivity contribution is 6.32. The minimum atomic E-state index is -0.197. The Morgan fingerprint density at radius 1 is 1.06 bits per heavy atom. The van der Waals surface area contributed by atoms with E-state index >= 15 is 0 Å². The summed E-state index contributed by atoms with van der Waals surface area (Å²) in [5, 5.41) is 9.19. The lowest BCUT2D eigenvalue weighted by Crippen LogP contribution is -2.35. The summed E-state index contributed by atoms with van der Waals surface area (Å²) in [5.74, 6) is -0.381. The molecule has 0 unspecified atom stereocenters. The average Bonchev–Trinajstić information content (AvgIpc) is 3.22. The van der Waals surface area contributed by atoms with Gasteiger partial charge in [-0.1, -0.05) is 42.5 Å². The van der Waals surface area contributed by atoms with E-state index in [0.717, 1.165) is 44.1 Å². The summed E-state index contributed by atoms with van der Waals surface area (Å²) >= 11 is 0. The van der Waals surface area contributed by atoms with E-state index < -0.39 is 0 Å². The lowest BCUT2D eigenvalue weighted by Gasteiger charge is -2.26. The van der Waals surface area contributed by atoms with E-state index in [4.69, 9.17) is 4.74 Å². The molecule has 0 aliphatic carbocycles. The number of fused-ring (bicyclic) bond motifs is 1. The van der Waals surface area contributed by atoms with Crippen molar-refractivity contribution in [3.63, 3.8) is 0 Å². The smallest absolute Gasteiger partial charge is 0.257 e. The van der Waals surface area contributed by atoms with E-state index in [9.17, 15) is 9.59 Å². The molecule has 2 aliphatic rings. The standard InChI is InChI=1S/C29H30N4O3/c1-20(22-7-3-2-4-8-22)31-28(34)23-10-11-27-25(17-23)26(29(35)32-27)18-30-24-9-5-6-21(16-24)19-33-12-14-36-15-13-33/h2-11,16-18,20,30H,12-15,19H2,1H3,(H,31,34)(H,32,35)/t20-/m0/s1. The molecule has 3 aromatic carbocycles. The van der Waals surface area contributed by atoms with Crippen molar-refractivity contribution >= 4 is 28.8 Å². The molecule has 2 amide bonds. The predicted octanol–water partition coefficient (Wildman–Crippen LogP) is 4.41. The third kappa shape index (κ3) is 5.48. The topological polar surface area (TPSA) is 82.7 Å². The molecule has 7 heteroatoms. The number of hydrogen-bond donors (Lipinski definition) is 3. The van der Waals surface area contributed by atoms with Crippen molar-refractivity contribution in [1.29, 1.82) is 0 Å². The van der Waals surface area contributed by atoms with Crippen LogP contribution in [0.5, 0.6) is 0 Å². The summed E-state index contributed by atoms with van der Waals surface area (Å²) in [6.45, 7) is 6.21. The Labute approximate surface area is 211 Å². The largest absolute Gasteiger partial charge is 0.379 e. The van der Waals surface area contributed by atoms with Gasteiger partial charge < -0.3 is 20.7 Å². The van der Waals surface area contributed by atoms with Crippen molar-refractivity contribution in [3.05, 3.63) is 101 Å². The lowest BCUT2D eigenvalue weighted by molar-refractivity contribution is -0.110. The van der Waals surface area contributed by atoms with Gasteiger partial charge in [0.05, 0.1) is 24.8 Å². The molecule has 0 aromatic heterocycles. The van der Waals surface area contributed by atoms with Crippen LogP contribution in [0.15, 0.2) is 79.0 Å². The number of benzene rings is 3.